The third kappa shape index (κ3) is 6.53. The van der Waals surface area contributed by atoms with Gasteiger partial charge in [-0.1, -0.05) is 66.7 Å². The molecule has 1 fully saturated rings. The Hall–Kier alpha value is -6.23. The van der Waals surface area contributed by atoms with Crippen molar-refractivity contribution in [3.63, 3.8) is 0 Å². The SMILES string of the molecule is CO/N=C(/OCc1ccccc1)C1=CC[C@@H]2CC3Cc4cc5ccc(-c6cccc(NC(C)=O)c6)cc5c(OC(=O)OC(C)(C)C)c4C(=O)C3=C3O[C@]32C1=O. The summed E-state index contributed by atoms with van der Waals surface area (Å²) in [6.45, 7) is 6.82. The van der Waals surface area contributed by atoms with Gasteiger partial charge in [-0.2, -0.15) is 0 Å². The number of ketones is 2. The number of allylic oxidation sites excluding steroid dienone is 2. The van der Waals surface area contributed by atoms with Gasteiger partial charge in [0.2, 0.25) is 17.3 Å². The van der Waals surface area contributed by atoms with E-state index in [1.165, 1.54) is 14.0 Å². The lowest BCUT2D eigenvalue weighted by Crippen LogP contribution is -2.44. The third-order valence-electron chi connectivity index (χ3n) is 10.4. The van der Waals surface area contributed by atoms with Gasteiger partial charge in [0, 0.05) is 29.5 Å². The number of hydrogen-bond acceptors (Lipinski definition) is 10. The zero-order valence-corrected chi connectivity index (χ0v) is 31.2. The number of ether oxygens (including phenoxy) is 4. The number of anilines is 1. The van der Waals surface area contributed by atoms with E-state index in [0.29, 0.717) is 41.7 Å². The predicted octanol–water partition coefficient (Wildman–Crippen LogP) is 8.25. The Morgan fingerprint density at radius 1 is 0.982 bits per heavy atom. The summed E-state index contributed by atoms with van der Waals surface area (Å²) in [4.78, 5) is 59.4. The summed E-state index contributed by atoms with van der Waals surface area (Å²) in [6.07, 6.45) is 2.42. The molecule has 1 N–H and O–H groups in total. The van der Waals surface area contributed by atoms with E-state index in [2.05, 4.69) is 10.5 Å². The number of hydrogen-bond donors (Lipinski definition) is 1. The van der Waals surface area contributed by atoms with Crippen LogP contribution in [0.3, 0.4) is 0 Å². The lowest BCUT2D eigenvalue weighted by atomic mass is 9.63. The van der Waals surface area contributed by atoms with Crippen LogP contribution in [0.5, 0.6) is 5.75 Å². The maximum absolute atomic E-state index is 14.9. The van der Waals surface area contributed by atoms with Crippen molar-refractivity contribution in [2.75, 3.05) is 12.4 Å². The van der Waals surface area contributed by atoms with Crippen molar-refractivity contribution in [3.05, 3.63) is 119 Å². The van der Waals surface area contributed by atoms with Crippen LogP contribution in [-0.4, -0.2) is 47.8 Å². The molecule has 11 heteroatoms. The Morgan fingerprint density at radius 2 is 1.76 bits per heavy atom. The van der Waals surface area contributed by atoms with Crippen molar-refractivity contribution in [2.24, 2.45) is 17.0 Å². The fourth-order valence-corrected chi connectivity index (χ4v) is 8.09. The van der Waals surface area contributed by atoms with E-state index >= 15 is 0 Å². The van der Waals surface area contributed by atoms with E-state index in [1.807, 2.05) is 78.9 Å². The molecule has 1 saturated heterocycles. The highest BCUT2D eigenvalue weighted by Gasteiger charge is 2.71. The minimum absolute atomic E-state index is 0.0457. The minimum Gasteiger partial charge on any atom is -0.470 e. The molecule has 0 saturated carbocycles. The highest BCUT2D eigenvalue weighted by atomic mass is 16.7. The zero-order valence-electron chi connectivity index (χ0n) is 31.2. The number of amides is 1. The first-order chi connectivity index (χ1) is 26.4. The molecule has 4 aromatic rings. The van der Waals surface area contributed by atoms with E-state index in [0.717, 1.165) is 27.6 Å². The lowest BCUT2D eigenvalue weighted by molar-refractivity contribution is -0.122. The number of fused-ring (bicyclic) bond motifs is 3. The molecule has 1 unspecified atom stereocenters. The Balaban J connectivity index is 1.19. The molecule has 3 aliphatic carbocycles. The van der Waals surface area contributed by atoms with Gasteiger partial charge in [0.25, 0.3) is 5.90 Å². The normalized spacial score (nSPS) is 21.3. The molecule has 11 nitrogen and oxygen atoms in total. The highest BCUT2D eigenvalue weighted by Crippen LogP contribution is 2.62. The number of nitrogens with zero attached hydrogens (tertiary/aromatic N) is 1. The Kier molecular flexibility index (Phi) is 8.82. The second-order valence-corrected chi connectivity index (χ2v) is 15.3. The van der Waals surface area contributed by atoms with Crippen LogP contribution >= 0.6 is 0 Å². The van der Waals surface area contributed by atoms with Gasteiger partial charge in [0.1, 0.15) is 19.3 Å². The predicted molar refractivity (Wildman–Crippen MR) is 204 cm³/mol. The summed E-state index contributed by atoms with van der Waals surface area (Å²) in [5.74, 6) is -0.798. The largest absolute Gasteiger partial charge is 0.514 e. The second-order valence-electron chi connectivity index (χ2n) is 15.3. The van der Waals surface area contributed by atoms with Gasteiger partial charge in [-0.3, -0.25) is 14.4 Å². The first-order valence-corrected chi connectivity index (χ1v) is 18.3. The van der Waals surface area contributed by atoms with Crippen LogP contribution in [0.25, 0.3) is 21.9 Å². The first-order valence-electron chi connectivity index (χ1n) is 18.3. The molecule has 1 spiro atoms. The van der Waals surface area contributed by atoms with Crippen molar-refractivity contribution in [1.82, 2.24) is 0 Å². The lowest BCUT2D eigenvalue weighted by Gasteiger charge is -2.35. The molecule has 55 heavy (non-hydrogen) atoms. The summed E-state index contributed by atoms with van der Waals surface area (Å²) in [6, 6.07) is 24.6. The number of carbonyl (C=O) groups is 4. The molecule has 280 valence electrons. The number of benzene rings is 4. The van der Waals surface area contributed by atoms with Crippen molar-refractivity contribution < 1.29 is 43.0 Å². The van der Waals surface area contributed by atoms with Gasteiger partial charge in [-0.25, -0.2) is 4.79 Å². The molecular formula is C44H40N2O9. The van der Waals surface area contributed by atoms with Crippen molar-refractivity contribution >= 4 is 46.0 Å². The molecule has 1 heterocycles. The van der Waals surface area contributed by atoms with Crippen LogP contribution in [0.15, 0.2) is 107 Å². The summed E-state index contributed by atoms with van der Waals surface area (Å²) < 4.78 is 23.9. The Labute approximate surface area is 317 Å². The molecular weight excluding hydrogens is 700 g/mol. The number of Topliss-reactive ketones (excluding diaryl/α,β-unsaturated/α-hetero) is 2. The van der Waals surface area contributed by atoms with Crippen LogP contribution < -0.4 is 10.1 Å². The van der Waals surface area contributed by atoms with Crippen LogP contribution in [0.1, 0.15) is 62.0 Å². The highest BCUT2D eigenvalue weighted by molar-refractivity contribution is 6.26. The van der Waals surface area contributed by atoms with E-state index in [1.54, 1.807) is 26.8 Å². The smallest absolute Gasteiger partial charge is 0.470 e. The maximum Gasteiger partial charge on any atom is 0.514 e. The number of epoxide rings is 1. The third-order valence-corrected chi connectivity index (χ3v) is 10.4. The van der Waals surface area contributed by atoms with Crippen LogP contribution in [0.4, 0.5) is 10.5 Å². The molecule has 0 radical (unpaired) electrons. The summed E-state index contributed by atoms with van der Waals surface area (Å²) in [5.41, 5.74) is 2.56. The van der Waals surface area contributed by atoms with Crippen molar-refractivity contribution in [3.8, 4) is 16.9 Å². The van der Waals surface area contributed by atoms with Gasteiger partial charge in [-0.05, 0) is 96.9 Å². The average Bonchev–Trinajstić information content (AvgIpc) is 3.89. The molecule has 1 amide bonds. The standard InChI is InChI=1S/C44H40N2O9/c1-24(47)45-32-13-9-12-26(21-32)27-14-15-28-18-29-19-30-20-31-16-17-33(41(46-51-5)52-23-25-10-7-6-8-11-25)39(49)44(31)40(54-44)36(30)37(48)35(29)38(34(28)22-27)53-42(50)55-43(2,3)4/h6-15,17-18,21-22,30-31H,16,19-20,23H2,1-5H3,(H,45,47)/b46-41+/t30?,31-,44-/m1/s1. The molecule has 1 aliphatic heterocycles. The molecule has 0 aromatic heterocycles. The number of oxime groups is 1. The van der Waals surface area contributed by atoms with Crippen LogP contribution in [-0.2, 0) is 41.7 Å². The van der Waals surface area contributed by atoms with E-state index in [9.17, 15) is 19.2 Å². The molecule has 3 atom stereocenters. The monoisotopic (exact) mass is 740 g/mol. The van der Waals surface area contributed by atoms with E-state index in [4.69, 9.17) is 23.8 Å². The average molecular weight is 741 g/mol. The van der Waals surface area contributed by atoms with Crippen molar-refractivity contribution in [1.29, 1.82) is 0 Å². The van der Waals surface area contributed by atoms with Crippen molar-refractivity contribution in [2.45, 2.75) is 64.8 Å². The summed E-state index contributed by atoms with van der Waals surface area (Å²) in [7, 11) is 1.39. The fourth-order valence-electron chi connectivity index (χ4n) is 8.09. The van der Waals surface area contributed by atoms with Crippen LogP contribution in [0.2, 0.25) is 0 Å². The number of nitrogens with one attached hydrogen (secondary N) is 1. The van der Waals surface area contributed by atoms with Gasteiger partial charge in [0.05, 0.1) is 11.1 Å². The minimum atomic E-state index is -1.32. The van der Waals surface area contributed by atoms with E-state index < -0.39 is 17.4 Å². The topological polar surface area (TPSA) is 142 Å². The maximum atomic E-state index is 14.9. The molecule has 4 aliphatic rings. The first kappa shape index (κ1) is 35.8. The fraction of sp³-hybridized carbons (Fsp3) is 0.295. The van der Waals surface area contributed by atoms with Gasteiger partial charge in [-0.15, -0.1) is 0 Å². The number of carbonyl (C=O) groups excluding carboxylic acids is 4. The van der Waals surface area contributed by atoms with Gasteiger partial charge < -0.3 is 29.1 Å². The summed E-state index contributed by atoms with van der Waals surface area (Å²) >= 11 is 0. The van der Waals surface area contributed by atoms with E-state index in [-0.39, 0.29) is 58.7 Å². The Bertz CT molecular complexity index is 2390. The molecule has 4 aromatic carbocycles. The van der Waals surface area contributed by atoms with Crippen LogP contribution in [0, 0.1) is 11.8 Å². The Morgan fingerprint density at radius 3 is 2.51 bits per heavy atom. The quantitative estimate of drug-likeness (QED) is 0.0495. The molecule has 8 rings (SSSR count). The van der Waals surface area contributed by atoms with Gasteiger partial charge >= 0.3 is 6.16 Å². The number of rotatable bonds is 7. The molecule has 0 bridgehead atoms. The van der Waals surface area contributed by atoms with Gasteiger partial charge in [0.15, 0.2) is 17.3 Å². The summed E-state index contributed by atoms with van der Waals surface area (Å²) in [5, 5.41) is 8.17. The second kappa shape index (κ2) is 13.6. The zero-order chi connectivity index (χ0) is 38.6.